The van der Waals surface area contributed by atoms with Gasteiger partial charge in [-0.25, -0.2) is 0 Å². The molecular formula is C18H38N+. The minimum absolute atomic E-state index is 0.276. The standard InChI is InChI=1S/C18H38N/c1-16(2,3)19(17(4,5)6,18(7,8)9)15-13-11-10-12-14-15/h15H,10-14H2,1-9H3/q+1. The van der Waals surface area contributed by atoms with Crippen LogP contribution in [0, 0.1) is 0 Å². The highest BCUT2D eigenvalue weighted by atomic mass is 15.5. The first-order chi connectivity index (χ1) is 8.36. The zero-order chi connectivity index (χ0) is 15.1. The molecule has 1 saturated carbocycles. The maximum absolute atomic E-state index is 2.46. The lowest BCUT2D eigenvalue weighted by molar-refractivity contribution is -1.07. The van der Waals surface area contributed by atoms with E-state index in [1.54, 1.807) is 0 Å². The number of hydrogen-bond donors (Lipinski definition) is 0. The summed E-state index contributed by atoms with van der Waals surface area (Å²) in [5.74, 6) is 0. The van der Waals surface area contributed by atoms with Crippen LogP contribution in [0.15, 0.2) is 0 Å². The summed E-state index contributed by atoms with van der Waals surface area (Å²) >= 11 is 0. The maximum Gasteiger partial charge on any atom is 0.0917 e. The Morgan fingerprint density at radius 3 is 1.16 bits per heavy atom. The van der Waals surface area contributed by atoms with E-state index < -0.39 is 0 Å². The Kier molecular flexibility index (Phi) is 4.53. The number of quaternary nitrogens is 1. The molecule has 0 unspecified atom stereocenters. The molecule has 0 radical (unpaired) electrons. The van der Waals surface area contributed by atoms with Crippen LogP contribution in [0.3, 0.4) is 0 Å². The molecule has 1 nitrogen and oxygen atoms in total. The predicted molar refractivity (Wildman–Crippen MR) is 86.4 cm³/mol. The van der Waals surface area contributed by atoms with E-state index in [1.807, 2.05) is 0 Å². The quantitative estimate of drug-likeness (QED) is 0.548. The first kappa shape index (κ1) is 17.0. The van der Waals surface area contributed by atoms with Crippen molar-refractivity contribution in [2.75, 3.05) is 0 Å². The van der Waals surface area contributed by atoms with E-state index in [4.69, 9.17) is 0 Å². The van der Waals surface area contributed by atoms with Gasteiger partial charge < -0.3 is 4.48 Å². The molecule has 0 aromatic heterocycles. The van der Waals surface area contributed by atoms with E-state index in [1.165, 1.54) is 36.6 Å². The van der Waals surface area contributed by atoms with Crippen LogP contribution < -0.4 is 0 Å². The highest BCUT2D eigenvalue weighted by Gasteiger charge is 2.60. The molecule has 0 N–H and O–H groups in total. The smallest absolute Gasteiger partial charge is 0.0917 e. The summed E-state index contributed by atoms with van der Waals surface area (Å²) in [5.41, 5.74) is 0.829. The summed E-state index contributed by atoms with van der Waals surface area (Å²) in [4.78, 5) is 0. The lowest BCUT2D eigenvalue weighted by atomic mass is 9.75. The largest absolute Gasteiger partial charge is 0.309 e. The topological polar surface area (TPSA) is 0 Å². The summed E-state index contributed by atoms with van der Waals surface area (Å²) in [5, 5.41) is 0. The third kappa shape index (κ3) is 2.73. The predicted octanol–water partition coefficient (Wildman–Crippen LogP) is 5.53. The molecule has 0 aliphatic heterocycles. The van der Waals surface area contributed by atoms with Crippen LogP contribution in [-0.2, 0) is 0 Å². The molecule has 1 rings (SSSR count). The fraction of sp³-hybridized carbons (Fsp3) is 1.00. The molecule has 0 spiro atoms. The lowest BCUT2D eigenvalue weighted by Crippen LogP contribution is -2.80. The number of hydrogen-bond acceptors (Lipinski definition) is 0. The third-order valence-electron chi connectivity index (χ3n) is 5.30. The summed E-state index contributed by atoms with van der Waals surface area (Å²) in [6, 6.07) is 0.814. The minimum atomic E-state index is 0.276. The van der Waals surface area contributed by atoms with Crippen molar-refractivity contribution in [3.05, 3.63) is 0 Å². The lowest BCUT2D eigenvalue weighted by Gasteiger charge is -2.68. The molecular weight excluding hydrogens is 230 g/mol. The summed E-state index contributed by atoms with van der Waals surface area (Å²) in [6.07, 6.45) is 7.10. The third-order valence-corrected chi connectivity index (χ3v) is 5.30. The van der Waals surface area contributed by atoms with E-state index in [2.05, 4.69) is 62.3 Å². The second-order valence-electron chi connectivity index (χ2n) is 9.53. The van der Waals surface area contributed by atoms with Crippen LogP contribution >= 0.6 is 0 Å². The van der Waals surface area contributed by atoms with Crippen LogP contribution in [0.4, 0.5) is 0 Å². The Morgan fingerprint density at radius 1 is 0.579 bits per heavy atom. The van der Waals surface area contributed by atoms with Crippen molar-refractivity contribution >= 4 is 0 Å². The van der Waals surface area contributed by atoms with E-state index >= 15 is 0 Å². The minimum Gasteiger partial charge on any atom is -0.309 e. The fourth-order valence-corrected chi connectivity index (χ4v) is 6.13. The zero-order valence-corrected chi connectivity index (χ0v) is 15.1. The summed E-state index contributed by atoms with van der Waals surface area (Å²) in [7, 11) is 0. The molecule has 0 atom stereocenters. The monoisotopic (exact) mass is 268 g/mol. The van der Waals surface area contributed by atoms with Crippen molar-refractivity contribution in [3.8, 4) is 0 Å². The van der Waals surface area contributed by atoms with Gasteiger partial charge >= 0.3 is 0 Å². The van der Waals surface area contributed by atoms with Crippen molar-refractivity contribution in [3.63, 3.8) is 0 Å². The van der Waals surface area contributed by atoms with Crippen molar-refractivity contribution in [2.24, 2.45) is 0 Å². The van der Waals surface area contributed by atoms with Crippen LogP contribution in [-0.4, -0.2) is 27.1 Å². The molecule has 0 amide bonds. The molecule has 1 heteroatoms. The van der Waals surface area contributed by atoms with Gasteiger partial charge in [0.25, 0.3) is 0 Å². The first-order valence-electron chi connectivity index (χ1n) is 8.25. The SMILES string of the molecule is CC(C)(C)[N+](C1CCCCC1)(C(C)(C)C)C(C)(C)C. The zero-order valence-electron chi connectivity index (χ0n) is 15.1. The average Bonchev–Trinajstić information content (AvgIpc) is 2.12. The Labute approximate surface area is 122 Å². The van der Waals surface area contributed by atoms with Gasteiger partial charge in [-0.15, -0.1) is 0 Å². The number of rotatable bonds is 1. The summed E-state index contributed by atoms with van der Waals surface area (Å²) in [6.45, 7) is 22.1. The van der Waals surface area contributed by atoms with Crippen LogP contribution in [0.25, 0.3) is 0 Å². The van der Waals surface area contributed by atoms with E-state index in [-0.39, 0.29) is 16.6 Å². The van der Waals surface area contributed by atoms with Crippen LogP contribution in [0.2, 0.25) is 0 Å². The Hall–Kier alpha value is -0.0400. The molecule has 0 bridgehead atoms. The second kappa shape index (κ2) is 5.06. The van der Waals surface area contributed by atoms with Crippen LogP contribution in [0.5, 0.6) is 0 Å². The average molecular weight is 269 g/mol. The molecule has 114 valence electrons. The van der Waals surface area contributed by atoms with Gasteiger partial charge in [-0.2, -0.15) is 0 Å². The highest BCUT2D eigenvalue weighted by Crippen LogP contribution is 2.49. The van der Waals surface area contributed by atoms with E-state index in [9.17, 15) is 0 Å². The second-order valence-corrected chi connectivity index (χ2v) is 9.53. The maximum atomic E-state index is 2.46. The number of nitrogens with zero attached hydrogens (tertiary/aromatic N) is 1. The van der Waals surface area contributed by atoms with Gasteiger partial charge in [-0.05, 0) is 88.0 Å². The van der Waals surface area contributed by atoms with Crippen molar-refractivity contribution < 1.29 is 4.48 Å². The van der Waals surface area contributed by atoms with Gasteiger partial charge in [0.1, 0.15) is 0 Å². The Bertz CT molecular complexity index is 253. The summed E-state index contributed by atoms with van der Waals surface area (Å²) < 4.78 is 1.23. The van der Waals surface area contributed by atoms with Crippen molar-refractivity contribution in [2.45, 2.75) is 117 Å². The van der Waals surface area contributed by atoms with E-state index in [0.29, 0.717) is 0 Å². The molecule has 1 aliphatic carbocycles. The van der Waals surface area contributed by atoms with Gasteiger partial charge in [-0.3, -0.25) is 0 Å². The van der Waals surface area contributed by atoms with Crippen molar-refractivity contribution in [1.29, 1.82) is 0 Å². The molecule has 0 saturated heterocycles. The molecule has 0 aromatic rings. The molecule has 1 aliphatic rings. The normalized spacial score (nSPS) is 20.7. The molecule has 0 heterocycles. The Balaban J connectivity index is 3.44. The van der Waals surface area contributed by atoms with Gasteiger partial charge in [0.15, 0.2) is 0 Å². The first-order valence-corrected chi connectivity index (χ1v) is 8.25. The van der Waals surface area contributed by atoms with Gasteiger partial charge in [0.2, 0.25) is 0 Å². The Morgan fingerprint density at radius 2 is 0.895 bits per heavy atom. The van der Waals surface area contributed by atoms with E-state index in [0.717, 1.165) is 6.04 Å². The molecule has 19 heavy (non-hydrogen) atoms. The molecule has 1 fully saturated rings. The molecule has 0 aromatic carbocycles. The van der Waals surface area contributed by atoms with Gasteiger partial charge in [-0.1, -0.05) is 6.42 Å². The van der Waals surface area contributed by atoms with Crippen LogP contribution in [0.1, 0.15) is 94.4 Å². The fourth-order valence-electron chi connectivity index (χ4n) is 6.13. The van der Waals surface area contributed by atoms with Crippen molar-refractivity contribution in [1.82, 2.24) is 0 Å². The van der Waals surface area contributed by atoms with Gasteiger partial charge in [0.05, 0.1) is 22.7 Å². The van der Waals surface area contributed by atoms with Gasteiger partial charge in [0, 0.05) is 0 Å². The highest BCUT2D eigenvalue weighted by molar-refractivity contribution is 4.87.